The van der Waals surface area contributed by atoms with Crippen molar-refractivity contribution in [2.75, 3.05) is 59.1 Å². The van der Waals surface area contributed by atoms with Crippen LogP contribution >= 0.6 is 24.0 Å². The number of nitrogens with zero attached hydrogens (tertiary/aromatic N) is 3. The van der Waals surface area contributed by atoms with E-state index < -0.39 is 0 Å². The fourth-order valence-electron chi connectivity index (χ4n) is 3.40. The van der Waals surface area contributed by atoms with E-state index in [1.807, 2.05) is 12.1 Å². The number of ether oxygens (including phenoxy) is 2. The van der Waals surface area contributed by atoms with Crippen LogP contribution in [0.25, 0.3) is 0 Å². The largest absolute Gasteiger partial charge is 0.492 e. The number of nitrogens with one attached hydrogen (secondary N) is 1. The predicted molar refractivity (Wildman–Crippen MR) is 120 cm³/mol. The molecule has 0 radical (unpaired) electrons. The van der Waals surface area contributed by atoms with Crippen LogP contribution < -0.4 is 10.1 Å². The molecule has 1 aromatic rings. The Morgan fingerprint density at radius 3 is 2.63 bits per heavy atom. The zero-order valence-electron chi connectivity index (χ0n) is 16.4. The molecule has 152 valence electrons. The Hall–Kier alpha value is -1.06. The SMILES string of the molecule is CCNC(=NCc1ccccc1OCCN1CCOCC1)N1CCCC1.I. The highest BCUT2D eigenvalue weighted by atomic mass is 127. The third kappa shape index (κ3) is 7.12. The van der Waals surface area contributed by atoms with Gasteiger partial charge in [0.1, 0.15) is 12.4 Å². The molecule has 3 rings (SSSR count). The number of benzene rings is 1. The first-order valence-corrected chi connectivity index (χ1v) is 9.91. The number of likely N-dealkylation sites (tertiary alicyclic amines) is 1. The Morgan fingerprint density at radius 1 is 1.15 bits per heavy atom. The normalized spacial score (nSPS) is 18.3. The molecule has 6 nitrogen and oxygen atoms in total. The summed E-state index contributed by atoms with van der Waals surface area (Å²) in [6, 6.07) is 8.25. The van der Waals surface area contributed by atoms with Crippen LogP contribution in [-0.2, 0) is 11.3 Å². The topological polar surface area (TPSA) is 49.3 Å². The Kier molecular flexibility index (Phi) is 10.2. The average Bonchev–Trinajstić information content (AvgIpc) is 3.21. The molecular formula is C20H33IN4O2. The molecule has 2 aliphatic rings. The fourth-order valence-corrected chi connectivity index (χ4v) is 3.40. The van der Waals surface area contributed by atoms with Crippen LogP contribution in [0, 0.1) is 0 Å². The van der Waals surface area contributed by atoms with Crippen molar-refractivity contribution in [1.29, 1.82) is 0 Å². The van der Waals surface area contributed by atoms with Crippen LogP contribution in [0.3, 0.4) is 0 Å². The van der Waals surface area contributed by atoms with Gasteiger partial charge in [-0.2, -0.15) is 0 Å². The van der Waals surface area contributed by atoms with Gasteiger partial charge in [0, 0.05) is 44.8 Å². The van der Waals surface area contributed by atoms with Gasteiger partial charge < -0.3 is 19.7 Å². The van der Waals surface area contributed by atoms with Gasteiger partial charge in [-0.3, -0.25) is 4.90 Å². The van der Waals surface area contributed by atoms with Crippen molar-refractivity contribution in [3.05, 3.63) is 29.8 Å². The summed E-state index contributed by atoms with van der Waals surface area (Å²) in [6.07, 6.45) is 2.51. The van der Waals surface area contributed by atoms with Crippen LogP contribution in [0.2, 0.25) is 0 Å². The molecule has 0 spiro atoms. The molecule has 27 heavy (non-hydrogen) atoms. The molecule has 2 heterocycles. The summed E-state index contributed by atoms with van der Waals surface area (Å²) >= 11 is 0. The van der Waals surface area contributed by atoms with Crippen LogP contribution in [0.4, 0.5) is 0 Å². The van der Waals surface area contributed by atoms with Crippen molar-refractivity contribution >= 4 is 29.9 Å². The van der Waals surface area contributed by atoms with Crippen LogP contribution in [0.1, 0.15) is 25.3 Å². The van der Waals surface area contributed by atoms with E-state index >= 15 is 0 Å². The van der Waals surface area contributed by atoms with Gasteiger partial charge in [0.15, 0.2) is 5.96 Å². The minimum Gasteiger partial charge on any atom is -0.492 e. The lowest BCUT2D eigenvalue weighted by Gasteiger charge is -2.26. The summed E-state index contributed by atoms with van der Waals surface area (Å²) in [5, 5.41) is 3.42. The highest BCUT2D eigenvalue weighted by Crippen LogP contribution is 2.19. The van der Waals surface area contributed by atoms with Crippen molar-refractivity contribution in [3.63, 3.8) is 0 Å². The van der Waals surface area contributed by atoms with Crippen molar-refractivity contribution in [2.45, 2.75) is 26.3 Å². The molecule has 1 aromatic carbocycles. The minimum atomic E-state index is 0. The molecule has 2 saturated heterocycles. The first-order chi connectivity index (χ1) is 12.9. The molecule has 2 fully saturated rings. The van der Waals surface area contributed by atoms with Crippen molar-refractivity contribution in [3.8, 4) is 5.75 Å². The van der Waals surface area contributed by atoms with Gasteiger partial charge in [-0.1, -0.05) is 18.2 Å². The lowest BCUT2D eigenvalue weighted by molar-refractivity contribution is 0.0322. The molecule has 0 amide bonds. The van der Waals surface area contributed by atoms with Crippen LogP contribution in [0.5, 0.6) is 5.75 Å². The van der Waals surface area contributed by atoms with Gasteiger partial charge in [0.05, 0.1) is 19.8 Å². The third-order valence-corrected chi connectivity index (χ3v) is 4.88. The molecule has 1 N–H and O–H groups in total. The van der Waals surface area contributed by atoms with E-state index in [1.165, 1.54) is 12.8 Å². The van der Waals surface area contributed by atoms with Gasteiger partial charge in [-0.25, -0.2) is 4.99 Å². The molecule has 0 aliphatic carbocycles. The van der Waals surface area contributed by atoms with Crippen molar-refractivity contribution < 1.29 is 9.47 Å². The van der Waals surface area contributed by atoms with E-state index in [4.69, 9.17) is 14.5 Å². The first kappa shape index (κ1) is 22.2. The number of halogens is 1. The quantitative estimate of drug-likeness (QED) is 0.364. The fraction of sp³-hybridized carbons (Fsp3) is 0.650. The summed E-state index contributed by atoms with van der Waals surface area (Å²) in [7, 11) is 0. The number of morpholine rings is 1. The molecule has 7 heteroatoms. The van der Waals surface area contributed by atoms with Gasteiger partial charge in [0.2, 0.25) is 0 Å². The monoisotopic (exact) mass is 488 g/mol. The maximum Gasteiger partial charge on any atom is 0.194 e. The Labute approximate surface area is 180 Å². The molecule has 0 atom stereocenters. The van der Waals surface area contributed by atoms with E-state index in [9.17, 15) is 0 Å². The van der Waals surface area contributed by atoms with E-state index in [1.54, 1.807) is 0 Å². The first-order valence-electron chi connectivity index (χ1n) is 9.91. The highest BCUT2D eigenvalue weighted by molar-refractivity contribution is 14.0. The maximum absolute atomic E-state index is 6.07. The average molecular weight is 488 g/mol. The van der Waals surface area contributed by atoms with E-state index in [2.05, 4.69) is 34.2 Å². The van der Waals surface area contributed by atoms with Crippen molar-refractivity contribution in [1.82, 2.24) is 15.1 Å². The summed E-state index contributed by atoms with van der Waals surface area (Å²) < 4.78 is 11.5. The highest BCUT2D eigenvalue weighted by Gasteiger charge is 2.16. The maximum atomic E-state index is 6.07. The van der Waals surface area contributed by atoms with Crippen molar-refractivity contribution in [2.24, 2.45) is 4.99 Å². The second-order valence-corrected chi connectivity index (χ2v) is 6.77. The molecule has 0 bridgehead atoms. The zero-order valence-corrected chi connectivity index (χ0v) is 18.7. The lowest BCUT2D eigenvalue weighted by Crippen LogP contribution is -2.39. The summed E-state index contributed by atoms with van der Waals surface area (Å²) in [6.45, 7) is 11.2. The van der Waals surface area contributed by atoms with E-state index in [0.29, 0.717) is 13.2 Å². The summed E-state index contributed by atoms with van der Waals surface area (Å²) in [4.78, 5) is 9.59. The standard InChI is InChI=1S/C20H32N4O2.HI/c1-2-21-20(24-9-5-6-10-24)22-17-18-7-3-4-8-19(18)26-16-13-23-11-14-25-15-12-23;/h3-4,7-8H,2,5-6,9-17H2,1H3,(H,21,22);1H. The Morgan fingerprint density at radius 2 is 1.89 bits per heavy atom. The number of hydrogen-bond acceptors (Lipinski definition) is 4. The zero-order chi connectivity index (χ0) is 18.0. The molecular weight excluding hydrogens is 455 g/mol. The van der Waals surface area contributed by atoms with Gasteiger partial charge in [-0.15, -0.1) is 24.0 Å². The second kappa shape index (κ2) is 12.4. The summed E-state index contributed by atoms with van der Waals surface area (Å²) in [5.74, 6) is 1.97. The number of guanidine groups is 1. The Bertz CT molecular complexity index is 573. The smallest absolute Gasteiger partial charge is 0.194 e. The van der Waals surface area contributed by atoms with Gasteiger partial charge in [0.25, 0.3) is 0 Å². The third-order valence-electron chi connectivity index (χ3n) is 4.88. The molecule has 0 unspecified atom stereocenters. The number of rotatable bonds is 7. The molecule has 2 aliphatic heterocycles. The molecule has 0 saturated carbocycles. The number of para-hydroxylation sites is 1. The van der Waals surface area contributed by atoms with E-state index in [0.717, 1.165) is 69.8 Å². The number of aliphatic imine (C=N–C) groups is 1. The Balaban J connectivity index is 0.00000261. The predicted octanol–water partition coefficient (Wildman–Crippen LogP) is 2.58. The van der Waals surface area contributed by atoms with Gasteiger partial charge in [-0.05, 0) is 25.8 Å². The molecule has 0 aromatic heterocycles. The number of hydrogen-bond donors (Lipinski definition) is 1. The van der Waals surface area contributed by atoms with Crippen LogP contribution in [-0.4, -0.2) is 74.8 Å². The van der Waals surface area contributed by atoms with Crippen LogP contribution in [0.15, 0.2) is 29.3 Å². The lowest BCUT2D eigenvalue weighted by atomic mass is 10.2. The minimum absolute atomic E-state index is 0. The second-order valence-electron chi connectivity index (χ2n) is 6.77. The van der Waals surface area contributed by atoms with E-state index in [-0.39, 0.29) is 24.0 Å². The van der Waals surface area contributed by atoms with Gasteiger partial charge >= 0.3 is 0 Å². The summed E-state index contributed by atoms with van der Waals surface area (Å²) in [5.41, 5.74) is 1.14.